The summed E-state index contributed by atoms with van der Waals surface area (Å²) in [5.41, 5.74) is -0.468. The van der Waals surface area contributed by atoms with E-state index in [2.05, 4.69) is 5.32 Å². The van der Waals surface area contributed by atoms with E-state index in [4.69, 9.17) is 13.9 Å². The van der Waals surface area contributed by atoms with Crippen LogP contribution in [0.2, 0.25) is 0 Å². The van der Waals surface area contributed by atoms with E-state index in [1.807, 2.05) is 0 Å². The van der Waals surface area contributed by atoms with Gasteiger partial charge in [-0.2, -0.15) is 0 Å². The largest absolute Gasteiger partial charge is 0.496 e. The molecule has 1 N–H and O–H groups in total. The molecule has 12 heteroatoms. The van der Waals surface area contributed by atoms with Gasteiger partial charge in [-0.15, -0.1) is 0 Å². The highest BCUT2D eigenvalue weighted by Gasteiger charge is 2.27. The summed E-state index contributed by atoms with van der Waals surface area (Å²) in [4.78, 5) is 35.7. The van der Waals surface area contributed by atoms with Crippen molar-refractivity contribution in [1.82, 2.24) is 0 Å². The Labute approximate surface area is 194 Å². The number of benzene rings is 2. The number of hydrogen-bond acceptors (Lipinski definition) is 9. The summed E-state index contributed by atoms with van der Waals surface area (Å²) in [6, 6.07) is 12.8. The molecule has 0 saturated heterocycles. The number of sulfone groups is 1. The Morgan fingerprint density at radius 1 is 1.15 bits per heavy atom. The molecule has 1 amide bonds. The first-order valence-electron chi connectivity index (χ1n) is 9.81. The van der Waals surface area contributed by atoms with Crippen LogP contribution < -0.4 is 10.1 Å². The fraction of sp³-hybridized carbons (Fsp3) is 0.182. The second-order valence-electron chi connectivity index (χ2n) is 7.02. The van der Waals surface area contributed by atoms with E-state index in [0.717, 1.165) is 12.3 Å². The average Bonchev–Trinajstić information content (AvgIpc) is 3.27. The van der Waals surface area contributed by atoms with Gasteiger partial charge in [-0.3, -0.25) is 14.9 Å². The summed E-state index contributed by atoms with van der Waals surface area (Å²) < 4.78 is 40.4. The predicted molar refractivity (Wildman–Crippen MR) is 119 cm³/mol. The lowest BCUT2D eigenvalue weighted by Gasteiger charge is -2.14. The Morgan fingerprint density at radius 3 is 2.50 bits per heavy atom. The molecule has 0 bridgehead atoms. The van der Waals surface area contributed by atoms with Crippen LogP contribution in [0.1, 0.15) is 23.0 Å². The number of furan rings is 1. The van der Waals surface area contributed by atoms with Crippen molar-refractivity contribution in [3.05, 3.63) is 82.3 Å². The number of amides is 1. The first kappa shape index (κ1) is 24.5. The van der Waals surface area contributed by atoms with Crippen LogP contribution in [0.15, 0.2) is 70.2 Å². The average molecular weight is 488 g/mol. The Kier molecular flexibility index (Phi) is 7.31. The minimum absolute atomic E-state index is 0.0623. The monoisotopic (exact) mass is 488 g/mol. The van der Waals surface area contributed by atoms with Crippen LogP contribution in [-0.4, -0.2) is 38.4 Å². The standard InChI is InChI=1S/C22H20N2O9S/c1-14(21(25)23-18-9-8-16(31-2)12-19(18)24(27)28)33-22(26)20-15(10-11-32-20)13-34(29,30)17-6-4-3-5-7-17/h3-12,14H,13H2,1-2H3,(H,23,25). The zero-order valence-corrected chi connectivity index (χ0v) is 18.9. The Balaban J connectivity index is 1.71. The molecule has 0 aliphatic heterocycles. The minimum atomic E-state index is -3.76. The molecule has 178 valence electrons. The van der Waals surface area contributed by atoms with Gasteiger partial charge in [0.05, 0.1) is 35.0 Å². The van der Waals surface area contributed by atoms with Crippen molar-refractivity contribution in [1.29, 1.82) is 0 Å². The first-order chi connectivity index (χ1) is 16.1. The number of methoxy groups -OCH3 is 1. The smallest absolute Gasteiger partial charge is 0.375 e. The number of esters is 1. The summed E-state index contributed by atoms with van der Waals surface area (Å²) >= 11 is 0. The zero-order chi connectivity index (χ0) is 24.9. The molecule has 1 atom stereocenters. The first-order valence-corrected chi connectivity index (χ1v) is 11.5. The third-order valence-electron chi connectivity index (χ3n) is 4.69. The topological polar surface area (TPSA) is 155 Å². The number of anilines is 1. The third-order valence-corrected chi connectivity index (χ3v) is 6.37. The molecule has 0 saturated carbocycles. The van der Waals surface area contributed by atoms with Crippen molar-refractivity contribution in [3.63, 3.8) is 0 Å². The van der Waals surface area contributed by atoms with E-state index >= 15 is 0 Å². The van der Waals surface area contributed by atoms with Gasteiger partial charge in [0.25, 0.3) is 11.6 Å². The molecule has 0 aliphatic carbocycles. The normalized spacial score (nSPS) is 11.9. The quantitative estimate of drug-likeness (QED) is 0.271. The maximum atomic E-state index is 12.6. The molecular weight excluding hydrogens is 468 g/mol. The molecule has 3 rings (SSSR count). The zero-order valence-electron chi connectivity index (χ0n) is 18.1. The van der Waals surface area contributed by atoms with Gasteiger partial charge in [0.15, 0.2) is 15.9 Å². The van der Waals surface area contributed by atoms with E-state index < -0.39 is 44.2 Å². The van der Waals surface area contributed by atoms with Gasteiger partial charge in [-0.05, 0) is 37.3 Å². The molecule has 1 heterocycles. The highest BCUT2D eigenvalue weighted by Crippen LogP contribution is 2.29. The van der Waals surface area contributed by atoms with Crippen LogP contribution in [0.5, 0.6) is 5.75 Å². The van der Waals surface area contributed by atoms with Crippen LogP contribution in [0.25, 0.3) is 0 Å². The van der Waals surface area contributed by atoms with Crippen molar-refractivity contribution < 1.29 is 36.8 Å². The summed E-state index contributed by atoms with van der Waals surface area (Å²) in [6.45, 7) is 1.26. The highest BCUT2D eigenvalue weighted by atomic mass is 32.2. The Morgan fingerprint density at radius 2 is 1.85 bits per heavy atom. The molecule has 11 nitrogen and oxygen atoms in total. The van der Waals surface area contributed by atoms with Gasteiger partial charge in [0, 0.05) is 5.56 Å². The van der Waals surface area contributed by atoms with Crippen LogP contribution in [0.3, 0.4) is 0 Å². The summed E-state index contributed by atoms with van der Waals surface area (Å²) in [5, 5.41) is 13.6. The van der Waals surface area contributed by atoms with E-state index in [9.17, 15) is 28.1 Å². The van der Waals surface area contributed by atoms with Gasteiger partial charge < -0.3 is 19.2 Å². The lowest BCUT2D eigenvalue weighted by atomic mass is 10.2. The van der Waals surface area contributed by atoms with Crippen LogP contribution in [0, 0.1) is 10.1 Å². The number of nitrogens with zero attached hydrogens (tertiary/aromatic N) is 1. The third kappa shape index (κ3) is 5.59. The molecule has 0 fully saturated rings. The molecule has 2 aromatic carbocycles. The molecule has 0 spiro atoms. The molecular formula is C22H20N2O9S. The number of hydrogen-bond donors (Lipinski definition) is 1. The lowest BCUT2D eigenvalue weighted by molar-refractivity contribution is -0.384. The van der Waals surface area contributed by atoms with Gasteiger partial charge in [0.1, 0.15) is 11.4 Å². The number of ether oxygens (including phenoxy) is 2. The SMILES string of the molecule is COc1ccc(NC(=O)C(C)OC(=O)c2occc2CS(=O)(=O)c2ccccc2)c([N+](=O)[O-])c1. The van der Waals surface area contributed by atoms with Crippen LogP contribution >= 0.6 is 0 Å². The maximum absolute atomic E-state index is 12.6. The van der Waals surface area contributed by atoms with Gasteiger partial charge in [-0.25, -0.2) is 13.2 Å². The predicted octanol–water partition coefficient (Wildman–Crippen LogP) is 3.35. The van der Waals surface area contributed by atoms with Gasteiger partial charge in [-0.1, -0.05) is 18.2 Å². The Bertz CT molecular complexity index is 1320. The molecule has 0 aliphatic rings. The number of nitro groups is 1. The van der Waals surface area contributed by atoms with E-state index in [0.29, 0.717) is 0 Å². The van der Waals surface area contributed by atoms with E-state index in [1.54, 1.807) is 18.2 Å². The highest BCUT2D eigenvalue weighted by molar-refractivity contribution is 7.90. The van der Waals surface area contributed by atoms with Crippen molar-refractivity contribution in [3.8, 4) is 5.75 Å². The van der Waals surface area contributed by atoms with Gasteiger partial charge >= 0.3 is 5.97 Å². The molecule has 1 aromatic heterocycles. The van der Waals surface area contributed by atoms with E-state index in [1.165, 1.54) is 44.4 Å². The summed E-state index contributed by atoms with van der Waals surface area (Å²) in [7, 11) is -2.42. The number of carbonyl (C=O) groups is 2. The molecule has 0 radical (unpaired) electrons. The fourth-order valence-electron chi connectivity index (χ4n) is 2.94. The summed E-state index contributed by atoms with van der Waals surface area (Å²) in [5.74, 6) is -2.56. The lowest BCUT2D eigenvalue weighted by Crippen LogP contribution is -2.30. The van der Waals surface area contributed by atoms with Crippen LogP contribution in [-0.2, 0) is 25.1 Å². The van der Waals surface area contributed by atoms with Gasteiger partial charge in [0.2, 0.25) is 5.76 Å². The maximum Gasteiger partial charge on any atom is 0.375 e. The fourth-order valence-corrected chi connectivity index (χ4v) is 4.32. The van der Waals surface area contributed by atoms with Crippen molar-refractivity contribution in [2.45, 2.75) is 23.7 Å². The molecule has 34 heavy (non-hydrogen) atoms. The second-order valence-corrected chi connectivity index (χ2v) is 9.01. The van der Waals surface area contributed by atoms with Crippen molar-refractivity contribution in [2.24, 2.45) is 0 Å². The van der Waals surface area contributed by atoms with Crippen LogP contribution in [0.4, 0.5) is 11.4 Å². The number of nitro benzene ring substituents is 1. The second kappa shape index (κ2) is 10.2. The number of nitrogens with one attached hydrogen (secondary N) is 1. The molecule has 3 aromatic rings. The summed E-state index contributed by atoms with van der Waals surface area (Å²) in [6.07, 6.45) is -0.240. The van der Waals surface area contributed by atoms with Crippen molar-refractivity contribution >= 4 is 33.1 Å². The Hall–Kier alpha value is -4.19. The molecule has 1 unspecified atom stereocenters. The number of rotatable bonds is 9. The van der Waals surface area contributed by atoms with Crippen molar-refractivity contribution in [2.75, 3.05) is 12.4 Å². The minimum Gasteiger partial charge on any atom is -0.496 e. The van der Waals surface area contributed by atoms with E-state index in [-0.39, 0.29) is 27.7 Å². The number of carbonyl (C=O) groups excluding carboxylic acids is 2.